The third-order valence-electron chi connectivity index (χ3n) is 13.8. The van der Waals surface area contributed by atoms with Gasteiger partial charge in [0.05, 0.1) is 0 Å². The molecule has 0 heteroatoms. The van der Waals surface area contributed by atoms with Gasteiger partial charge in [0.2, 0.25) is 0 Å². The molecule has 0 atom stereocenters. The van der Waals surface area contributed by atoms with Crippen LogP contribution in [0.15, 0.2) is 0 Å². The Morgan fingerprint density at radius 3 is 0.872 bits per heavy atom. The molecular formula is C47H94. The zero-order valence-corrected chi connectivity index (χ0v) is 35.8. The number of hydrogen-bond acceptors (Lipinski definition) is 0. The first kappa shape index (κ1) is 45.0. The van der Waals surface area contributed by atoms with Crippen molar-refractivity contribution in [2.75, 3.05) is 0 Å². The van der Waals surface area contributed by atoms with E-state index in [1.807, 2.05) is 0 Å². The molecule has 5 rings (SSSR count). The average molecular weight is 659 g/mol. The smallest absolute Gasteiger partial charge is 0.0354 e. The molecule has 0 spiro atoms. The summed E-state index contributed by atoms with van der Waals surface area (Å²) >= 11 is 0. The van der Waals surface area contributed by atoms with E-state index in [9.17, 15) is 0 Å². The van der Waals surface area contributed by atoms with Gasteiger partial charge >= 0.3 is 0 Å². The van der Waals surface area contributed by atoms with Crippen LogP contribution in [0.4, 0.5) is 0 Å². The van der Waals surface area contributed by atoms with Crippen molar-refractivity contribution in [3.8, 4) is 0 Å². The Hall–Kier alpha value is 0. The van der Waals surface area contributed by atoms with Gasteiger partial charge in [0.25, 0.3) is 0 Å². The lowest BCUT2D eigenvalue weighted by atomic mass is 9.68. The molecule has 282 valence electrons. The lowest BCUT2D eigenvalue weighted by molar-refractivity contribution is 0.132. The van der Waals surface area contributed by atoms with Crippen LogP contribution in [0.1, 0.15) is 226 Å². The van der Waals surface area contributed by atoms with E-state index in [1.165, 1.54) is 122 Å². The molecule has 0 unspecified atom stereocenters. The third-order valence-corrected chi connectivity index (χ3v) is 13.8. The van der Waals surface area contributed by atoms with E-state index in [0.29, 0.717) is 10.8 Å². The second-order valence-corrected chi connectivity index (χ2v) is 21.0. The first-order valence-electron chi connectivity index (χ1n) is 21.8. The Morgan fingerprint density at radius 2 is 0.617 bits per heavy atom. The van der Waals surface area contributed by atoms with Crippen LogP contribution < -0.4 is 0 Å². The summed E-state index contributed by atoms with van der Waals surface area (Å²) in [6.07, 6.45) is 28.1. The third kappa shape index (κ3) is 20.4. The summed E-state index contributed by atoms with van der Waals surface area (Å²) in [4.78, 5) is 0. The minimum Gasteiger partial charge on any atom is -0.0625 e. The highest BCUT2D eigenvalue weighted by Crippen LogP contribution is 2.42. The molecular weight excluding hydrogens is 565 g/mol. The molecule has 0 bridgehead atoms. The molecule has 0 saturated heterocycles. The molecule has 0 aromatic carbocycles. The largest absolute Gasteiger partial charge is 0.0625 e. The molecule has 0 aromatic rings. The minimum absolute atomic E-state index is 0.544. The van der Waals surface area contributed by atoms with Gasteiger partial charge in [-0.25, -0.2) is 0 Å². The van der Waals surface area contributed by atoms with Gasteiger partial charge in [-0.15, -0.1) is 0 Å². The molecule has 5 aliphatic carbocycles. The van der Waals surface area contributed by atoms with Gasteiger partial charge in [-0.3, -0.25) is 0 Å². The van der Waals surface area contributed by atoms with Crippen LogP contribution in [0, 0.1) is 75.9 Å². The Kier molecular flexibility index (Phi) is 21.8. The molecule has 47 heavy (non-hydrogen) atoms. The van der Waals surface area contributed by atoms with Gasteiger partial charge in [-0.2, -0.15) is 0 Å². The fourth-order valence-corrected chi connectivity index (χ4v) is 8.93. The number of hydrogen-bond donors (Lipinski definition) is 0. The second-order valence-electron chi connectivity index (χ2n) is 21.0. The Bertz CT molecular complexity index is 710. The molecule has 0 nitrogen and oxygen atoms in total. The van der Waals surface area contributed by atoms with Gasteiger partial charge in [0.15, 0.2) is 0 Å². The fraction of sp³-hybridized carbons (Fsp3) is 1.00. The summed E-state index contributed by atoms with van der Waals surface area (Å²) in [7, 11) is 0. The summed E-state index contributed by atoms with van der Waals surface area (Å²) in [5.41, 5.74) is 1.19. The molecule has 0 aliphatic heterocycles. The van der Waals surface area contributed by atoms with Crippen LogP contribution in [0.5, 0.6) is 0 Å². The van der Waals surface area contributed by atoms with Crippen molar-refractivity contribution < 1.29 is 0 Å². The molecule has 0 heterocycles. The topological polar surface area (TPSA) is 0 Å². The average Bonchev–Trinajstić information content (AvgIpc) is 3.72. The van der Waals surface area contributed by atoms with E-state index in [1.54, 1.807) is 0 Å². The summed E-state index contributed by atoms with van der Waals surface area (Å²) in [5.74, 6) is 10.9. The first-order chi connectivity index (χ1) is 21.8. The lowest BCUT2D eigenvalue weighted by Crippen LogP contribution is -2.27. The normalized spacial score (nSPS) is 25.8. The maximum atomic E-state index is 2.41. The number of rotatable bonds is 5. The summed E-state index contributed by atoms with van der Waals surface area (Å²) in [5, 5.41) is 0. The molecule has 0 amide bonds. The molecule has 5 aliphatic rings. The van der Waals surface area contributed by atoms with Crippen LogP contribution in [0.3, 0.4) is 0 Å². The van der Waals surface area contributed by atoms with Crippen LogP contribution in [-0.4, -0.2) is 0 Å². The zero-order valence-electron chi connectivity index (χ0n) is 35.8. The van der Waals surface area contributed by atoms with Crippen LogP contribution in [0.2, 0.25) is 0 Å². The SMILES string of the molecule is CC(C)C1CC1.CC(C)C1CCC(C(C)(C)C)CC1.CC(C)C1CCC(C)(C)CC1.CC(C)C1CCCC1.CC(C)C1CCCCC1. The van der Waals surface area contributed by atoms with Gasteiger partial charge in [0.1, 0.15) is 0 Å². The van der Waals surface area contributed by atoms with Crippen LogP contribution in [-0.2, 0) is 0 Å². The second kappa shape index (κ2) is 22.7. The highest BCUT2D eigenvalue weighted by Gasteiger charge is 2.31. The van der Waals surface area contributed by atoms with Crippen molar-refractivity contribution >= 4 is 0 Å². The van der Waals surface area contributed by atoms with E-state index in [-0.39, 0.29) is 0 Å². The molecule has 5 fully saturated rings. The summed E-state index contributed by atoms with van der Waals surface area (Å²) in [6, 6.07) is 0. The predicted molar refractivity (Wildman–Crippen MR) is 216 cm³/mol. The zero-order chi connectivity index (χ0) is 35.8. The molecule has 0 radical (unpaired) electrons. The Labute approximate surface area is 301 Å². The Morgan fingerprint density at radius 1 is 0.362 bits per heavy atom. The van der Waals surface area contributed by atoms with Crippen molar-refractivity contribution in [1.29, 1.82) is 0 Å². The van der Waals surface area contributed by atoms with Crippen molar-refractivity contribution in [2.24, 2.45) is 75.9 Å². The van der Waals surface area contributed by atoms with E-state index in [4.69, 9.17) is 0 Å². The highest BCUT2D eigenvalue weighted by molar-refractivity contribution is 4.82. The monoisotopic (exact) mass is 659 g/mol. The van der Waals surface area contributed by atoms with Crippen molar-refractivity contribution in [3.63, 3.8) is 0 Å². The first-order valence-corrected chi connectivity index (χ1v) is 21.8. The van der Waals surface area contributed by atoms with Crippen LogP contribution in [0.25, 0.3) is 0 Å². The Balaban J connectivity index is 0.000000300. The standard InChI is InChI=1S/C13H26.C11H22.C9H18.C8H16.C6H12/c1-10(2)11-6-8-12(9-7-11)13(3,4)5;1-9(2)10-5-7-11(3,4)8-6-10;1-8(2)9-6-4-3-5-7-9;1-7(2)8-5-3-4-6-8;1-5(2)6-3-4-6/h10-12H,6-9H2,1-5H3;9-10H,5-8H2,1-4H3;8-9H,3-7H2,1-2H3;7-8H,3-6H2,1-2H3;5-6H,3-4H2,1-2H3. The predicted octanol–water partition coefficient (Wildman–Crippen LogP) is 16.5. The van der Waals surface area contributed by atoms with Gasteiger partial charge in [-0.1, -0.05) is 162 Å². The van der Waals surface area contributed by atoms with Crippen molar-refractivity contribution in [2.45, 2.75) is 226 Å². The quantitative estimate of drug-likeness (QED) is 0.276. The van der Waals surface area contributed by atoms with Gasteiger partial charge in [0, 0.05) is 0 Å². The van der Waals surface area contributed by atoms with E-state index >= 15 is 0 Å². The maximum Gasteiger partial charge on any atom is -0.0354 e. The van der Waals surface area contributed by atoms with Gasteiger partial charge < -0.3 is 0 Å². The van der Waals surface area contributed by atoms with E-state index in [0.717, 1.165) is 65.1 Å². The van der Waals surface area contributed by atoms with E-state index in [2.05, 4.69) is 104 Å². The highest BCUT2D eigenvalue weighted by atomic mass is 14.4. The van der Waals surface area contributed by atoms with Crippen molar-refractivity contribution in [1.82, 2.24) is 0 Å². The van der Waals surface area contributed by atoms with Crippen LogP contribution >= 0.6 is 0 Å². The molecule has 0 aromatic heterocycles. The minimum atomic E-state index is 0.544. The van der Waals surface area contributed by atoms with Crippen molar-refractivity contribution in [3.05, 3.63) is 0 Å². The lowest BCUT2D eigenvalue weighted by Gasteiger charge is -2.38. The summed E-state index contributed by atoms with van der Waals surface area (Å²) < 4.78 is 0. The summed E-state index contributed by atoms with van der Waals surface area (Å²) in [6.45, 7) is 35.5. The molecule has 0 N–H and O–H groups in total. The fourth-order valence-electron chi connectivity index (χ4n) is 8.93. The van der Waals surface area contributed by atoms with E-state index < -0.39 is 0 Å². The van der Waals surface area contributed by atoms with Gasteiger partial charge in [-0.05, 0) is 140 Å². The molecule has 5 saturated carbocycles. The maximum absolute atomic E-state index is 2.41.